The summed E-state index contributed by atoms with van der Waals surface area (Å²) in [6.45, 7) is 0. The molecular formula is C13H10O4S. The standard InChI is InChI=1S/C13H10O4S/c1-17-8-2-4-10(11(6-8)13(15)16)12-5-3-9(7-14)18-12/h2-7H,1H3,(H,15,16). The van der Waals surface area contributed by atoms with Crippen LogP contribution in [0.2, 0.25) is 0 Å². The first-order valence-corrected chi connectivity index (χ1v) is 5.94. The van der Waals surface area contributed by atoms with Gasteiger partial charge in [0.1, 0.15) is 5.75 Å². The Bertz CT molecular complexity index is 601. The smallest absolute Gasteiger partial charge is 0.336 e. The van der Waals surface area contributed by atoms with Gasteiger partial charge in [0.05, 0.1) is 17.6 Å². The van der Waals surface area contributed by atoms with Crippen LogP contribution in [-0.2, 0) is 0 Å². The first-order chi connectivity index (χ1) is 8.65. The van der Waals surface area contributed by atoms with Crippen molar-refractivity contribution in [2.45, 2.75) is 0 Å². The topological polar surface area (TPSA) is 63.6 Å². The molecule has 2 aromatic rings. The van der Waals surface area contributed by atoms with Gasteiger partial charge in [0.25, 0.3) is 0 Å². The Morgan fingerprint density at radius 3 is 2.67 bits per heavy atom. The number of carbonyl (C=O) groups excluding carboxylic acids is 1. The average Bonchev–Trinajstić information content (AvgIpc) is 2.86. The van der Waals surface area contributed by atoms with Crippen molar-refractivity contribution in [3.8, 4) is 16.2 Å². The van der Waals surface area contributed by atoms with E-state index in [4.69, 9.17) is 4.74 Å². The SMILES string of the molecule is COc1ccc(-c2ccc(C=O)s2)c(C(=O)O)c1. The van der Waals surface area contributed by atoms with Gasteiger partial charge in [0, 0.05) is 10.4 Å². The van der Waals surface area contributed by atoms with E-state index in [-0.39, 0.29) is 5.56 Å². The molecule has 4 nitrogen and oxygen atoms in total. The number of hydrogen-bond donors (Lipinski definition) is 1. The second-order valence-electron chi connectivity index (χ2n) is 3.54. The maximum atomic E-state index is 11.2. The van der Waals surface area contributed by atoms with E-state index in [1.54, 1.807) is 24.3 Å². The number of methoxy groups -OCH3 is 1. The lowest BCUT2D eigenvalue weighted by molar-refractivity contribution is 0.0697. The molecule has 0 radical (unpaired) electrons. The number of ether oxygens (including phenoxy) is 1. The van der Waals surface area contributed by atoms with E-state index in [1.807, 2.05) is 0 Å². The third kappa shape index (κ3) is 2.26. The van der Waals surface area contributed by atoms with Crippen LogP contribution in [0.1, 0.15) is 20.0 Å². The Morgan fingerprint density at radius 1 is 1.33 bits per heavy atom. The molecule has 0 amide bonds. The molecule has 0 aliphatic rings. The van der Waals surface area contributed by atoms with Crippen molar-refractivity contribution < 1.29 is 19.4 Å². The molecule has 0 aliphatic heterocycles. The zero-order valence-corrected chi connectivity index (χ0v) is 10.4. The van der Waals surface area contributed by atoms with Gasteiger partial charge in [-0.1, -0.05) is 0 Å². The van der Waals surface area contributed by atoms with Crippen molar-refractivity contribution in [1.82, 2.24) is 0 Å². The van der Waals surface area contributed by atoms with Crippen molar-refractivity contribution >= 4 is 23.6 Å². The van der Waals surface area contributed by atoms with Crippen molar-refractivity contribution in [2.75, 3.05) is 7.11 Å². The number of carboxylic acid groups (broad SMARTS) is 1. The molecule has 0 saturated heterocycles. The zero-order chi connectivity index (χ0) is 13.1. The molecule has 0 atom stereocenters. The van der Waals surface area contributed by atoms with Crippen molar-refractivity contribution in [1.29, 1.82) is 0 Å². The molecule has 1 N–H and O–H groups in total. The number of hydrogen-bond acceptors (Lipinski definition) is 4. The summed E-state index contributed by atoms with van der Waals surface area (Å²) in [6.07, 6.45) is 0.748. The molecule has 0 unspecified atom stereocenters. The maximum Gasteiger partial charge on any atom is 0.336 e. The second kappa shape index (κ2) is 5.01. The summed E-state index contributed by atoms with van der Waals surface area (Å²) < 4.78 is 5.01. The van der Waals surface area contributed by atoms with Gasteiger partial charge in [0.2, 0.25) is 0 Å². The fourth-order valence-electron chi connectivity index (χ4n) is 1.60. The lowest BCUT2D eigenvalue weighted by Gasteiger charge is -2.06. The number of carbonyl (C=O) groups is 2. The molecule has 0 aliphatic carbocycles. The van der Waals surface area contributed by atoms with Crippen LogP contribution in [0.25, 0.3) is 10.4 Å². The van der Waals surface area contributed by atoms with Crippen molar-refractivity contribution in [3.05, 3.63) is 40.8 Å². The molecule has 0 saturated carbocycles. The van der Waals surface area contributed by atoms with Crippen LogP contribution in [0.3, 0.4) is 0 Å². The number of carboxylic acids is 1. The number of rotatable bonds is 4. The highest BCUT2D eigenvalue weighted by molar-refractivity contribution is 7.17. The second-order valence-corrected chi connectivity index (χ2v) is 4.65. The summed E-state index contributed by atoms with van der Waals surface area (Å²) >= 11 is 1.26. The maximum absolute atomic E-state index is 11.2. The molecule has 92 valence electrons. The number of aldehydes is 1. The number of aromatic carboxylic acids is 1. The molecule has 1 aromatic heterocycles. The van der Waals surface area contributed by atoms with E-state index in [1.165, 1.54) is 24.5 Å². The van der Waals surface area contributed by atoms with Gasteiger partial charge < -0.3 is 9.84 Å². The van der Waals surface area contributed by atoms with Crippen LogP contribution >= 0.6 is 11.3 Å². The molecule has 5 heteroatoms. The molecule has 18 heavy (non-hydrogen) atoms. The first kappa shape index (κ1) is 12.3. The number of benzene rings is 1. The number of thiophene rings is 1. The highest BCUT2D eigenvalue weighted by Gasteiger charge is 2.14. The Morgan fingerprint density at radius 2 is 2.11 bits per heavy atom. The molecule has 0 fully saturated rings. The lowest BCUT2D eigenvalue weighted by Crippen LogP contribution is -1.99. The van der Waals surface area contributed by atoms with Gasteiger partial charge in [-0.2, -0.15) is 0 Å². The van der Waals surface area contributed by atoms with E-state index in [0.29, 0.717) is 16.2 Å². The minimum absolute atomic E-state index is 0.161. The molecular weight excluding hydrogens is 252 g/mol. The van der Waals surface area contributed by atoms with Gasteiger partial charge >= 0.3 is 5.97 Å². The third-order valence-electron chi connectivity index (χ3n) is 2.47. The van der Waals surface area contributed by atoms with E-state index >= 15 is 0 Å². The van der Waals surface area contributed by atoms with Gasteiger partial charge in [0.15, 0.2) is 6.29 Å². The Hall–Kier alpha value is -2.14. The van der Waals surface area contributed by atoms with Crippen LogP contribution in [0.5, 0.6) is 5.75 Å². The summed E-state index contributed by atoms with van der Waals surface area (Å²) in [5.74, 6) is -0.534. The minimum Gasteiger partial charge on any atom is -0.497 e. The fourth-order valence-corrected chi connectivity index (χ4v) is 2.47. The Kier molecular flexibility index (Phi) is 3.43. The van der Waals surface area contributed by atoms with E-state index in [2.05, 4.69) is 0 Å². The van der Waals surface area contributed by atoms with E-state index in [9.17, 15) is 14.7 Å². The molecule has 0 spiro atoms. The van der Waals surface area contributed by atoms with Gasteiger partial charge in [-0.3, -0.25) is 4.79 Å². The highest BCUT2D eigenvalue weighted by atomic mass is 32.1. The van der Waals surface area contributed by atoms with Gasteiger partial charge in [-0.25, -0.2) is 4.79 Å². The van der Waals surface area contributed by atoms with E-state index in [0.717, 1.165) is 11.2 Å². The highest BCUT2D eigenvalue weighted by Crippen LogP contribution is 2.32. The van der Waals surface area contributed by atoms with Crippen molar-refractivity contribution in [2.24, 2.45) is 0 Å². The average molecular weight is 262 g/mol. The van der Waals surface area contributed by atoms with Crippen LogP contribution in [0, 0.1) is 0 Å². The van der Waals surface area contributed by atoms with E-state index < -0.39 is 5.97 Å². The molecule has 1 aromatic carbocycles. The quantitative estimate of drug-likeness (QED) is 0.860. The van der Waals surface area contributed by atoms with Crippen LogP contribution in [0.15, 0.2) is 30.3 Å². The third-order valence-corrected chi connectivity index (χ3v) is 3.51. The summed E-state index contributed by atoms with van der Waals surface area (Å²) in [5.41, 5.74) is 0.745. The normalized spacial score (nSPS) is 10.1. The lowest BCUT2D eigenvalue weighted by atomic mass is 10.1. The van der Waals surface area contributed by atoms with Crippen LogP contribution in [0.4, 0.5) is 0 Å². The summed E-state index contributed by atoms with van der Waals surface area (Å²) in [6, 6.07) is 8.26. The monoisotopic (exact) mass is 262 g/mol. The summed E-state index contributed by atoms with van der Waals surface area (Å²) in [7, 11) is 1.48. The molecule has 2 rings (SSSR count). The fraction of sp³-hybridized carbons (Fsp3) is 0.0769. The van der Waals surface area contributed by atoms with Crippen LogP contribution < -0.4 is 4.74 Å². The van der Waals surface area contributed by atoms with Crippen LogP contribution in [-0.4, -0.2) is 24.5 Å². The summed E-state index contributed by atoms with van der Waals surface area (Å²) in [4.78, 5) is 23.2. The van der Waals surface area contributed by atoms with Crippen molar-refractivity contribution in [3.63, 3.8) is 0 Å². The summed E-state index contributed by atoms with van der Waals surface area (Å²) in [5, 5.41) is 9.19. The van der Waals surface area contributed by atoms with Gasteiger partial charge in [-0.15, -0.1) is 11.3 Å². The predicted molar refractivity (Wildman–Crippen MR) is 68.7 cm³/mol. The Balaban J connectivity index is 2.55. The largest absolute Gasteiger partial charge is 0.497 e. The first-order valence-electron chi connectivity index (χ1n) is 5.12. The Labute approximate surface area is 107 Å². The molecule has 1 heterocycles. The molecule has 0 bridgehead atoms. The zero-order valence-electron chi connectivity index (χ0n) is 9.54. The van der Waals surface area contributed by atoms with Gasteiger partial charge in [-0.05, 0) is 30.3 Å². The predicted octanol–water partition coefficient (Wildman–Crippen LogP) is 2.93. The minimum atomic E-state index is -1.02.